The van der Waals surface area contributed by atoms with Crippen LogP contribution in [0.1, 0.15) is 51.2 Å². The third kappa shape index (κ3) is 4.46. The normalized spacial score (nSPS) is 15.3. The van der Waals surface area contributed by atoms with Gasteiger partial charge >= 0.3 is 5.97 Å². The van der Waals surface area contributed by atoms with Gasteiger partial charge in [-0.15, -0.1) is 11.3 Å². The average Bonchev–Trinajstić information content (AvgIpc) is 3.12. The highest BCUT2D eigenvalue weighted by Gasteiger charge is 2.30. The van der Waals surface area contributed by atoms with Gasteiger partial charge in [-0.1, -0.05) is 60.7 Å². The molecule has 5 heteroatoms. The van der Waals surface area contributed by atoms with Crippen molar-refractivity contribution >= 4 is 28.2 Å². The van der Waals surface area contributed by atoms with Gasteiger partial charge < -0.3 is 10.1 Å². The Kier molecular flexibility index (Phi) is 6.29. The molecule has 3 aromatic rings. The number of amides is 1. The summed E-state index contributed by atoms with van der Waals surface area (Å²) in [7, 11) is 0. The third-order valence-electron chi connectivity index (χ3n) is 5.48. The molecule has 1 aromatic heterocycles. The lowest BCUT2D eigenvalue weighted by molar-refractivity contribution is -0.115. The van der Waals surface area contributed by atoms with Gasteiger partial charge in [0.25, 0.3) is 0 Å². The van der Waals surface area contributed by atoms with Gasteiger partial charge in [-0.05, 0) is 48.8 Å². The van der Waals surface area contributed by atoms with Gasteiger partial charge in [-0.3, -0.25) is 4.79 Å². The van der Waals surface area contributed by atoms with Crippen LogP contribution in [0.3, 0.4) is 0 Å². The first-order valence-electron chi connectivity index (χ1n) is 10.4. The van der Waals surface area contributed by atoms with E-state index in [-0.39, 0.29) is 18.3 Å². The van der Waals surface area contributed by atoms with Crippen LogP contribution in [0.4, 0.5) is 5.00 Å². The molecule has 1 N–H and O–H groups in total. The topological polar surface area (TPSA) is 55.4 Å². The number of esters is 1. The minimum atomic E-state index is -0.344. The Balaban J connectivity index is 1.59. The second kappa shape index (κ2) is 9.26. The zero-order chi connectivity index (χ0) is 20.9. The highest BCUT2D eigenvalue weighted by molar-refractivity contribution is 7.17. The molecule has 0 fully saturated rings. The van der Waals surface area contributed by atoms with Gasteiger partial charge in [0.2, 0.25) is 5.91 Å². The Morgan fingerprint density at radius 2 is 1.77 bits per heavy atom. The van der Waals surface area contributed by atoms with Gasteiger partial charge in [-0.2, -0.15) is 0 Å². The number of carbonyl (C=O) groups is 2. The average molecular weight is 420 g/mol. The van der Waals surface area contributed by atoms with Crippen LogP contribution in [-0.4, -0.2) is 18.5 Å². The number of hydrogen-bond acceptors (Lipinski definition) is 4. The SMILES string of the molecule is CCOC(=O)c1c(NC(=O)Cc2ccccc2)sc2c1CC[C@@H](c1ccccc1)C2. The van der Waals surface area contributed by atoms with E-state index in [1.54, 1.807) is 6.92 Å². The fourth-order valence-corrected chi connectivity index (χ4v) is 5.39. The van der Waals surface area contributed by atoms with E-state index in [4.69, 9.17) is 4.74 Å². The lowest BCUT2D eigenvalue weighted by Gasteiger charge is -2.23. The molecule has 4 nitrogen and oxygen atoms in total. The Hall–Kier alpha value is -2.92. The third-order valence-corrected chi connectivity index (χ3v) is 6.65. The summed E-state index contributed by atoms with van der Waals surface area (Å²) in [5, 5.41) is 3.61. The molecule has 0 radical (unpaired) electrons. The number of hydrogen-bond donors (Lipinski definition) is 1. The smallest absolute Gasteiger partial charge is 0.341 e. The quantitative estimate of drug-likeness (QED) is 0.546. The van der Waals surface area contributed by atoms with Gasteiger partial charge in [-0.25, -0.2) is 4.79 Å². The molecule has 1 atom stereocenters. The number of rotatable bonds is 6. The molecule has 1 aliphatic carbocycles. The fraction of sp³-hybridized carbons (Fsp3) is 0.280. The first-order chi connectivity index (χ1) is 14.7. The number of benzene rings is 2. The molecule has 0 unspecified atom stereocenters. The van der Waals surface area contributed by atoms with E-state index >= 15 is 0 Å². The van der Waals surface area contributed by atoms with Crippen LogP contribution < -0.4 is 5.32 Å². The van der Waals surface area contributed by atoms with E-state index < -0.39 is 0 Å². The molecule has 1 aliphatic rings. The summed E-state index contributed by atoms with van der Waals surface area (Å²) in [6.45, 7) is 2.11. The predicted octanol–water partition coefficient (Wildman–Crippen LogP) is 5.38. The highest BCUT2D eigenvalue weighted by atomic mass is 32.1. The number of nitrogens with one attached hydrogen (secondary N) is 1. The van der Waals surface area contributed by atoms with Crippen LogP contribution in [0.15, 0.2) is 60.7 Å². The molecule has 0 saturated carbocycles. The Morgan fingerprint density at radius 1 is 1.07 bits per heavy atom. The first kappa shape index (κ1) is 20.4. The van der Waals surface area contributed by atoms with E-state index in [0.717, 1.165) is 30.4 Å². The summed E-state index contributed by atoms with van der Waals surface area (Å²) in [5.41, 5.74) is 3.85. The van der Waals surface area contributed by atoms with E-state index in [9.17, 15) is 9.59 Å². The number of fused-ring (bicyclic) bond motifs is 1. The molecule has 0 aliphatic heterocycles. The van der Waals surface area contributed by atoms with Crippen molar-refractivity contribution in [2.45, 2.75) is 38.5 Å². The number of thiophene rings is 1. The van der Waals surface area contributed by atoms with E-state index in [1.807, 2.05) is 36.4 Å². The van der Waals surface area contributed by atoms with Crippen LogP contribution in [0.25, 0.3) is 0 Å². The minimum Gasteiger partial charge on any atom is -0.462 e. The molecule has 0 spiro atoms. The Labute approximate surface area is 180 Å². The largest absolute Gasteiger partial charge is 0.462 e. The van der Waals surface area contributed by atoms with Crippen molar-refractivity contribution < 1.29 is 14.3 Å². The predicted molar refractivity (Wildman–Crippen MR) is 120 cm³/mol. The van der Waals surface area contributed by atoms with Crippen LogP contribution in [0, 0.1) is 0 Å². The number of ether oxygens (including phenoxy) is 1. The Morgan fingerprint density at radius 3 is 2.47 bits per heavy atom. The molecular weight excluding hydrogens is 394 g/mol. The molecule has 0 bridgehead atoms. The molecule has 2 aromatic carbocycles. The zero-order valence-electron chi connectivity index (χ0n) is 17.0. The monoisotopic (exact) mass is 419 g/mol. The molecule has 4 rings (SSSR count). The fourth-order valence-electron chi connectivity index (χ4n) is 4.05. The molecule has 154 valence electrons. The molecule has 1 amide bonds. The summed E-state index contributed by atoms with van der Waals surface area (Å²) in [6.07, 6.45) is 2.95. The summed E-state index contributed by atoms with van der Waals surface area (Å²) in [4.78, 5) is 26.6. The molecular formula is C25H25NO3S. The van der Waals surface area contributed by atoms with Gasteiger partial charge in [0.05, 0.1) is 18.6 Å². The summed E-state index contributed by atoms with van der Waals surface area (Å²) >= 11 is 1.52. The van der Waals surface area contributed by atoms with Crippen molar-refractivity contribution in [1.29, 1.82) is 0 Å². The van der Waals surface area contributed by atoms with Gasteiger partial charge in [0, 0.05) is 4.88 Å². The van der Waals surface area contributed by atoms with Crippen molar-refractivity contribution in [3.63, 3.8) is 0 Å². The van der Waals surface area contributed by atoms with Crippen molar-refractivity contribution in [2.24, 2.45) is 0 Å². The van der Waals surface area contributed by atoms with Crippen LogP contribution in [-0.2, 0) is 28.8 Å². The maximum atomic E-state index is 12.7. The van der Waals surface area contributed by atoms with E-state index in [0.29, 0.717) is 23.1 Å². The lowest BCUT2D eigenvalue weighted by Crippen LogP contribution is -2.18. The lowest BCUT2D eigenvalue weighted by atomic mass is 9.83. The second-order valence-electron chi connectivity index (χ2n) is 7.49. The second-order valence-corrected chi connectivity index (χ2v) is 8.59. The van der Waals surface area contributed by atoms with Crippen LogP contribution in [0.5, 0.6) is 0 Å². The summed E-state index contributed by atoms with van der Waals surface area (Å²) < 4.78 is 5.32. The first-order valence-corrected chi connectivity index (χ1v) is 11.2. The van der Waals surface area contributed by atoms with Crippen LogP contribution in [0.2, 0.25) is 0 Å². The standard InChI is InChI=1S/C25H25NO3S/c1-2-29-25(28)23-20-14-13-19(18-11-7-4-8-12-18)16-21(20)30-24(23)26-22(27)15-17-9-5-3-6-10-17/h3-12,19H,2,13-16H2,1H3,(H,26,27)/t19-/m1/s1. The van der Waals surface area contributed by atoms with E-state index in [2.05, 4.69) is 29.6 Å². The number of anilines is 1. The summed E-state index contributed by atoms with van der Waals surface area (Å²) in [6, 6.07) is 20.1. The maximum Gasteiger partial charge on any atom is 0.341 e. The summed E-state index contributed by atoms with van der Waals surface area (Å²) in [5.74, 6) is -0.0339. The van der Waals surface area contributed by atoms with Gasteiger partial charge in [0.15, 0.2) is 0 Å². The van der Waals surface area contributed by atoms with Crippen LogP contribution >= 0.6 is 11.3 Å². The maximum absolute atomic E-state index is 12.7. The Bertz CT molecular complexity index is 1030. The van der Waals surface area contributed by atoms with Crippen molar-refractivity contribution in [2.75, 3.05) is 11.9 Å². The highest BCUT2D eigenvalue weighted by Crippen LogP contribution is 2.42. The van der Waals surface area contributed by atoms with Crippen molar-refractivity contribution in [1.82, 2.24) is 0 Å². The van der Waals surface area contributed by atoms with Crippen molar-refractivity contribution in [3.8, 4) is 0 Å². The molecule has 30 heavy (non-hydrogen) atoms. The van der Waals surface area contributed by atoms with Crippen molar-refractivity contribution in [3.05, 3.63) is 87.8 Å². The minimum absolute atomic E-state index is 0.120. The molecule has 1 heterocycles. The van der Waals surface area contributed by atoms with E-state index in [1.165, 1.54) is 21.8 Å². The van der Waals surface area contributed by atoms with Gasteiger partial charge in [0.1, 0.15) is 5.00 Å². The molecule has 0 saturated heterocycles. The number of carbonyl (C=O) groups excluding carboxylic acids is 2. The zero-order valence-corrected chi connectivity index (χ0v) is 17.8.